The van der Waals surface area contributed by atoms with Crippen LogP contribution in [0.3, 0.4) is 0 Å². The van der Waals surface area contributed by atoms with Crippen molar-refractivity contribution >= 4 is 31.5 Å². The van der Waals surface area contributed by atoms with Crippen LogP contribution < -0.4 is 10.1 Å². The second-order valence-corrected chi connectivity index (χ2v) is 10.7. The van der Waals surface area contributed by atoms with Crippen LogP contribution in [-0.4, -0.2) is 82.5 Å². The van der Waals surface area contributed by atoms with Gasteiger partial charge in [-0.25, -0.2) is 0 Å². The van der Waals surface area contributed by atoms with Crippen molar-refractivity contribution in [1.82, 2.24) is 5.32 Å². The molecule has 6 atom stereocenters. The summed E-state index contributed by atoms with van der Waals surface area (Å²) in [6.07, 6.45) is -5.42. The summed E-state index contributed by atoms with van der Waals surface area (Å²) in [4.78, 5) is 47.7. The first kappa shape index (κ1) is 32.2. The fraction of sp³-hybridized carbons (Fsp3) is 0.583. The lowest BCUT2D eigenvalue weighted by Crippen LogP contribution is -2.66. The maximum absolute atomic E-state index is 13.7. The lowest BCUT2D eigenvalue weighted by Gasteiger charge is -2.45. The smallest absolute Gasteiger partial charge is 0.351 e. The van der Waals surface area contributed by atoms with Crippen LogP contribution in [0.25, 0.3) is 0 Å². The molecule has 0 unspecified atom stereocenters. The molecular weight excluding hydrogens is 541 g/mol. The van der Waals surface area contributed by atoms with Crippen molar-refractivity contribution in [1.29, 1.82) is 0 Å². The number of hydrogen-bond acceptors (Lipinski definition) is 14. The molecule has 218 valence electrons. The number of esters is 4. The highest BCUT2D eigenvalue weighted by molar-refractivity contribution is 7.54. The molecule has 0 aromatic heterocycles. The van der Waals surface area contributed by atoms with Crippen molar-refractivity contribution in [2.75, 3.05) is 27.9 Å². The number of rotatable bonds is 12. The molecular formula is C24H34NO13P. The van der Waals surface area contributed by atoms with Gasteiger partial charge in [0.25, 0.3) is 0 Å². The summed E-state index contributed by atoms with van der Waals surface area (Å²) in [6.45, 7) is 4.10. The Balaban J connectivity index is 2.66. The van der Waals surface area contributed by atoms with E-state index < -0.39 is 74.5 Å². The second kappa shape index (κ2) is 14.4. The average Bonchev–Trinajstić information content (AvgIpc) is 2.87. The Hall–Kier alpha value is -3.03. The number of carbonyl (C=O) groups is 4. The third kappa shape index (κ3) is 8.73. The molecule has 15 heteroatoms. The second-order valence-electron chi connectivity index (χ2n) is 8.38. The maximum Gasteiger partial charge on any atom is 0.351 e. The Kier molecular flexibility index (Phi) is 11.9. The van der Waals surface area contributed by atoms with E-state index in [1.165, 1.54) is 21.3 Å². The Labute approximate surface area is 226 Å². The van der Waals surface area contributed by atoms with Gasteiger partial charge in [-0.15, -0.1) is 0 Å². The van der Waals surface area contributed by atoms with Crippen LogP contribution in [0, 0.1) is 0 Å². The molecule has 1 heterocycles. The number of ether oxygens (including phenoxy) is 6. The first-order valence-electron chi connectivity index (χ1n) is 11.8. The van der Waals surface area contributed by atoms with Gasteiger partial charge in [0, 0.05) is 41.9 Å². The minimum absolute atomic E-state index is 0.400. The molecule has 14 nitrogen and oxygen atoms in total. The Morgan fingerprint density at radius 3 is 1.85 bits per heavy atom. The molecule has 0 radical (unpaired) electrons. The summed E-state index contributed by atoms with van der Waals surface area (Å²) in [5.74, 6) is -3.68. The molecule has 1 saturated heterocycles. The Morgan fingerprint density at radius 1 is 0.846 bits per heavy atom. The molecule has 1 fully saturated rings. The summed E-state index contributed by atoms with van der Waals surface area (Å²) < 4.78 is 56.7. The molecule has 0 aliphatic carbocycles. The predicted molar refractivity (Wildman–Crippen MR) is 132 cm³/mol. The Morgan fingerprint density at radius 2 is 1.38 bits per heavy atom. The molecule has 0 bridgehead atoms. The van der Waals surface area contributed by atoms with Crippen LogP contribution in [-0.2, 0) is 56.5 Å². The molecule has 0 spiro atoms. The van der Waals surface area contributed by atoms with Gasteiger partial charge in [0.2, 0.25) is 6.29 Å². The monoisotopic (exact) mass is 575 g/mol. The van der Waals surface area contributed by atoms with E-state index in [-0.39, 0.29) is 0 Å². The number of carbonyl (C=O) groups excluding carboxylic acids is 4. The van der Waals surface area contributed by atoms with Crippen LogP contribution in [0.1, 0.15) is 39.0 Å². The standard InChI is InChI=1S/C24H34NO13P/c1-13(26)34-12-19-21(35-14(2)27)22(36-15(3)28)20(24(38-19)37-16(4)29)25-23(39(30,32-6)33-7)17-8-10-18(31-5)11-9-17/h8-11,19-25H,12H2,1-7H3/t19-,20-,21-,22-,23-,24-/m1/s1. The van der Waals surface area contributed by atoms with Crippen molar-refractivity contribution in [3.8, 4) is 5.75 Å². The summed E-state index contributed by atoms with van der Waals surface area (Å²) in [5, 5.41) is 3.02. The fourth-order valence-electron chi connectivity index (χ4n) is 3.97. The van der Waals surface area contributed by atoms with E-state index in [0.717, 1.165) is 27.7 Å². The molecule has 1 N–H and O–H groups in total. The molecule has 1 aromatic rings. The van der Waals surface area contributed by atoms with Crippen molar-refractivity contribution < 1.29 is 61.2 Å². The van der Waals surface area contributed by atoms with Crippen molar-refractivity contribution in [2.24, 2.45) is 0 Å². The van der Waals surface area contributed by atoms with Gasteiger partial charge < -0.3 is 37.5 Å². The van der Waals surface area contributed by atoms with Gasteiger partial charge in [0.1, 0.15) is 30.3 Å². The fourth-order valence-corrected chi connectivity index (χ4v) is 5.43. The minimum Gasteiger partial charge on any atom is -0.497 e. The lowest BCUT2D eigenvalue weighted by atomic mass is 9.95. The summed E-state index contributed by atoms with van der Waals surface area (Å²) in [7, 11) is -0.130. The van der Waals surface area contributed by atoms with Crippen molar-refractivity contribution in [3.63, 3.8) is 0 Å². The zero-order valence-electron chi connectivity index (χ0n) is 22.7. The molecule has 0 amide bonds. The maximum atomic E-state index is 13.7. The lowest BCUT2D eigenvalue weighted by molar-refractivity contribution is -0.272. The highest BCUT2D eigenvalue weighted by atomic mass is 31.2. The molecule has 2 rings (SSSR count). The van der Waals surface area contributed by atoms with Crippen molar-refractivity contribution in [2.45, 2.75) is 64.1 Å². The van der Waals surface area contributed by atoms with Gasteiger partial charge in [0.05, 0.1) is 7.11 Å². The van der Waals surface area contributed by atoms with Crippen LogP contribution in [0.15, 0.2) is 24.3 Å². The van der Waals surface area contributed by atoms with Gasteiger partial charge in [-0.1, -0.05) is 12.1 Å². The van der Waals surface area contributed by atoms with Gasteiger partial charge in [-0.2, -0.15) is 0 Å². The topological polar surface area (TPSA) is 171 Å². The van der Waals surface area contributed by atoms with Crippen LogP contribution >= 0.6 is 7.60 Å². The Bertz CT molecular complexity index is 1050. The van der Waals surface area contributed by atoms with E-state index in [2.05, 4.69) is 5.32 Å². The van der Waals surface area contributed by atoms with Crippen LogP contribution in [0.4, 0.5) is 0 Å². The summed E-state index contributed by atoms with van der Waals surface area (Å²) >= 11 is 0. The average molecular weight is 576 g/mol. The molecule has 39 heavy (non-hydrogen) atoms. The van der Waals surface area contributed by atoms with E-state index in [0.29, 0.717) is 11.3 Å². The van der Waals surface area contributed by atoms with E-state index in [1.807, 2.05) is 0 Å². The normalized spacial score (nSPS) is 23.7. The highest BCUT2D eigenvalue weighted by Crippen LogP contribution is 2.59. The largest absolute Gasteiger partial charge is 0.497 e. The van der Waals surface area contributed by atoms with Gasteiger partial charge in [-0.05, 0) is 17.7 Å². The first-order valence-corrected chi connectivity index (χ1v) is 13.4. The van der Waals surface area contributed by atoms with Gasteiger partial charge >= 0.3 is 31.5 Å². The van der Waals surface area contributed by atoms with E-state index in [9.17, 15) is 23.7 Å². The zero-order valence-corrected chi connectivity index (χ0v) is 23.6. The van der Waals surface area contributed by atoms with Gasteiger partial charge in [-0.3, -0.25) is 29.1 Å². The van der Waals surface area contributed by atoms with Gasteiger partial charge in [0.15, 0.2) is 12.2 Å². The molecule has 1 aliphatic heterocycles. The quantitative estimate of drug-likeness (QED) is 0.217. The van der Waals surface area contributed by atoms with Crippen LogP contribution in [0.2, 0.25) is 0 Å². The zero-order chi connectivity index (χ0) is 29.3. The number of hydrogen-bond donors (Lipinski definition) is 1. The summed E-state index contributed by atoms with van der Waals surface area (Å²) in [5.41, 5.74) is 0.400. The molecule has 1 aromatic carbocycles. The SMILES string of the molecule is COc1ccc([C@H](N[C@H]2[C@H](OC(C)=O)O[C@H](COC(C)=O)[C@@H](OC(C)=O)[C@@H]2OC(C)=O)P(=O)(OC)OC)cc1. The third-order valence-corrected chi connectivity index (χ3v) is 7.69. The number of nitrogens with one attached hydrogen (secondary N) is 1. The van der Waals surface area contributed by atoms with E-state index in [4.69, 9.17) is 37.5 Å². The van der Waals surface area contributed by atoms with Crippen molar-refractivity contribution in [3.05, 3.63) is 29.8 Å². The van der Waals surface area contributed by atoms with E-state index in [1.54, 1.807) is 24.3 Å². The number of benzene rings is 1. The highest BCUT2D eigenvalue weighted by Gasteiger charge is 2.53. The van der Waals surface area contributed by atoms with E-state index >= 15 is 0 Å². The number of methoxy groups -OCH3 is 1. The first-order chi connectivity index (χ1) is 18.3. The molecule has 0 saturated carbocycles. The molecule has 1 aliphatic rings. The van der Waals surface area contributed by atoms with Crippen LogP contribution in [0.5, 0.6) is 5.75 Å². The third-order valence-electron chi connectivity index (χ3n) is 5.59. The summed E-state index contributed by atoms with van der Waals surface area (Å²) in [6, 6.07) is 5.13. The minimum atomic E-state index is -3.98. The predicted octanol–water partition coefficient (Wildman–Crippen LogP) is 1.85.